The van der Waals surface area contributed by atoms with E-state index in [0.717, 1.165) is 5.23 Å². The fourth-order valence-corrected chi connectivity index (χ4v) is 2.17. The number of allylic oxidation sites excluding steroid dienone is 1. The van der Waals surface area contributed by atoms with E-state index in [4.69, 9.17) is 27.8 Å². The van der Waals surface area contributed by atoms with E-state index in [-0.39, 0.29) is 15.2 Å². The second kappa shape index (κ2) is 5.25. The maximum atomic E-state index is 10.9. The molecule has 0 saturated carbocycles. The fourth-order valence-electron chi connectivity index (χ4n) is 1.26. The van der Waals surface area contributed by atoms with Gasteiger partial charge in [0.25, 0.3) is 10.1 Å². The van der Waals surface area contributed by atoms with Crippen LogP contribution in [0.25, 0.3) is 0 Å². The van der Waals surface area contributed by atoms with Crippen molar-refractivity contribution >= 4 is 44.2 Å². The van der Waals surface area contributed by atoms with Crippen molar-refractivity contribution in [2.75, 3.05) is 5.43 Å². The van der Waals surface area contributed by atoms with E-state index in [9.17, 15) is 8.42 Å². The van der Waals surface area contributed by atoms with Gasteiger partial charge in [-0.15, -0.1) is 10.3 Å². The van der Waals surface area contributed by atoms with Gasteiger partial charge in [0, 0.05) is 6.08 Å². The molecule has 1 aliphatic rings. The van der Waals surface area contributed by atoms with E-state index in [2.05, 4.69) is 16.0 Å². The van der Waals surface area contributed by atoms with Crippen molar-refractivity contribution < 1.29 is 13.0 Å². The van der Waals surface area contributed by atoms with Gasteiger partial charge in [-0.2, -0.15) is 8.42 Å². The van der Waals surface area contributed by atoms with Crippen LogP contribution in [0.3, 0.4) is 0 Å². The van der Waals surface area contributed by atoms with E-state index in [1.807, 2.05) is 0 Å². The maximum absolute atomic E-state index is 10.9. The largest absolute Gasteiger partial charge is 0.294 e. The van der Waals surface area contributed by atoms with Gasteiger partial charge in [-0.3, -0.25) is 15.4 Å². The fraction of sp³-hybridized carbons (Fsp3) is 0. The van der Waals surface area contributed by atoms with Crippen LogP contribution in [0.1, 0.15) is 0 Å². The van der Waals surface area contributed by atoms with Crippen LogP contribution in [-0.2, 0) is 10.1 Å². The molecule has 0 atom stereocenters. The van der Waals surface area contributed by atoms with Gasteiger partial charge in [0.15, 0.2) is 5.17 Å². The molecule has 19 heavy (non-hydrogen) atoms. The molecule has 1 heterocycles. The van der Waals surface area contributed by atoms with Gasteiger partial charge >= 0.3 is 0 Å². The summed E-state index contributed by atoms with van der Waals surface area (Å²) in [5, 5.41) is 5.46. The normalized spacial score (nSPS) is 15.4. The molecular weight excluding hydrogens is 315 g/mol. The highest BCUT2D eigenvalue weighted by molar-refractivity contribution is 7.85. The van der Waals surface area contributed by atoms with Crippen molar-refractivity contribution in [2.45, 2.75) is 4.90 Å². The van der Waals surface area contributed by atoms with Crippen molar-refractivity contribution in [3.63, 3.8) is 0 Å². The van der Waals surface area contributed by atoms with E-state index in [0.29, 0.717) is 5.69 Å². The summed E-state index contributed by atoms with van der Waals surface area (Å²) in [6.45, 7) is 0. The molecule has 0 amide bonds. The summed E-state index contributed by atoms with van der Waals surface area (Å²) >= 11 is 11.5. The minimum atomic E-state index is -4.21. The summed E-state index contributed by atoms with van der Waals surface area (Å²) < 4.78 is 30.6. The summed E-state index contributed by atoms with van der Waals surface area (Å²) in [6.07, 6.45) is 1.42. The first kappa shape index (κ1) is 13.9. The number of hydrazine groups is 2. The number of hydrogen-bond acceptors (Lipinski definition) is 6. The SMILES string of the molecule is O=S(=O)(O)c1ccc(NN2N=C(Cl)C=C(Cl)N2)cc1. The molecule has 0 fully saturated rings. The molecule has 2 rings (SSSR count). The number of halogens is 2. The highest BCUT2D eigenvalue weighted by Crippen LogP contribution is 2.15. The predicted molar refractivity (Wildman–Crippen MR) is 72.1 cm³/mol. The Kier molecular flexibility index (Phi) is 3.85. The van der Waals surface area contributed by atoms with Gasteiger partial charge in [-0.25, -0.2) is 0 Å². The first-order chi connectivity index (χ1) is 8.84. The average Bonchev–Trinajstić information content (AvgIpc) is 2.26. The molecule has 7 nitrogen and oxygen atoms in total. The molecule has 102 valence electrons. The Morgan fingerprint density at radius 3 is 2.42 bits per heavy atom. The highest BCUT2D eigenvalue weighted by atomic mass is 35.5. The Balaban J connectivity index is 2.11. The molecule has 10 heteroatoms. The maximum Gasteiger partial charge on any atom is 0.294 e. The van der Waals surface area contributed by atoms with Crippen LogP contribution in [0, 0.1) is 0 Å². The number of nitrogens with one attached hydrogen (secondary N) is 2. The topological polar surface area (TPSA) is 94.0 Å². The van der Waals surface area contributed by atoms with Crippen LogP contribution in [0.5, 0.6) is 0 Å². The second-order valence-electron chi connectivity index (χ2n) is 3.45. The van der Waals surface area contributed by atoms with Gasteiger partial charge in [0.1, 0.15) is 5.16 Å². The lowest BCUT2D eigenvalue weighted by atomic mass is 10.3. The highest BCUT2D eigenvalue weighted by Gasteiger charge is 2.11. The first-order valence-electron chi connectivity index (χ1n) is 4.87. The Bertz CT molecular complexity index is 642. The lowest BCUT2D eigenvalue weighted by molar-refractivity contribution is 0.280. The Hall–Kier alpha value is -1.48. The van der Waals surface area contributed by atoms with Gasteiger partial charge in [-0.1, -0.05) is 23.2 Å². The molecule has 0 radical (unpaired) electrons. The van der Waals surface area contributed by atoms with E-state index in [1.54, 1.807) is 0 Å². The van der Waals surface area contributed by atoms with E-state index in [1.165, 1.54) is 30.3 Å². The summed E-state index contributed by atoms with van der Waals surface area (Å²) in [6, 6.07) is 5.37. The summed E-state index contributed by atoms with van der Waals surface area (Å²) in [5.41, 5.74) is 5.93. The first-order valence-corrected chi connectivity index (χ1v) is 7.06. The standard InChI is InChI=1S/C9H8Cl2N4O3S/c10-8-5-9(11)14-15(13-8)12-6-1-3-7(4-2-6)19(16,17)18/h1-5,12-13H,(H,16,17,18). The zero-order valence-corrected chi connectivity index (χ0v) is 11.5. The Morgan fingerprint density at radius 1 is 1.26 bits per heavy atom. The van der Waals surface area contributed by atoms with Crippen molar-refractivity contribution in [1.29, 1.82) is 0 Å². The molecule has 0 saturated heterocycles. The quantitative estimate of drug-likeness (QED) is 0.579. The molecule has 0 aliphatic carbocycles. The van der Waals surface area contributed by atoms with Gasteiger partial charge in [0.2, 0.25) is 0 Å². The number of benzene rings is 1. The van der Waals surface area contributed by atoms with Crippen LogP contribution >= 0.6 is 23.2 Å². The molecule has 0 unspecified atom stereocenters. The smallest absolute Gasteiger partial charge is 0.282 e. The van der Waals surface area contributed by atoms with Crippen LogP contribution in [0.4, 0.5) is 5.69 Å². The van der Waals surface area contributed by atoms with Gasteiger partial charge < -0.3 is 0 Å². The number of hydrogen-bond donors (Lipinski definition) is 3. The van der Waals surface area contributed by atoms with Crippen LogP contribution < -0.4 is 10.9 Å². The number of nitrogens with zero attached hydrogens (tertiary/aromatic N) is 2. The third-order valence-corrected chi connectivity index (χ3v) is 3.29. The van der Waals surface area contributed by atoms with Crippen LogP contribution in [-0.4, -0.2) is 23.4 Å². The van der Waals surface area contributed by atoms with Crippen molar-refractivity contribution in [3.8, 4) is 0 Å². The molecule has 1 aromatic carbocycles. The molecule has 0 bridgehead atoms. The Morgan fingerprint density at radius 2 is 1.89 bits per heavy atom. The molecule has 3 N–H and O–H groups in total. The number of rotatable bonds is 3. The number of hydrazone groups is 1. The lowest BCUT2D eigenvalue weighted by Gasteiger charge is -2.24. The van der Waals surface area contributed by atoms with Crippen LogP contribution in [0.2, 0.25) is 0 Å². The molecule has 0 spiro atoms. The van der Waals surface area contributed by atoms with Crippen molar-refractivity contribution in [1.82, 2.24) is 10.7 Å². The van der Waals surface area contributed by atoms with E-state index >= 15 is 0 Å². The second-order valence-corrected chi connectivity index (χ2v) is 5.67. The Labute approximate surface area is 119 Å². The minimum Gasteiger partial charge on any atom is -0.282 e. The van der Waals surface area contributed by atoms with Gasteiger partial charge in [0.05, 0.1) is 10.6 Å². The number of anilines is 1. The van der Waals surface area contributed by atoms with E-state index < -0.39 is 10.1 Å². The third kappa shape index (κ3) is 3.74. The lowest BCUT2D eigenvalue weighted by Crippen LogP contribution is -2.39. The monoisotopic (exact) mass is 322 g/mol. The summed E-state index contributed by atoms with van der Waals surface area (Å²) in [7, 11) is -4.21. The zero-order chi connectivity index (χ0) is 14.0. The van der Waals surface area contributed by atoms with Crippen molar-refractivity contribution in [2.24, 2.45) is 5.10 Å². The van der Waals surface area contributed by atoms with Crippen molar-refractivity contribution in [3.05, 3.63) is 35.5 Å². The molecule has 0 aromatic heterocycles. The predicted octanol–water partition coefficient (Wildman–Crippen LogP) is 1.71. The average molecular weight is 323 g/mol. The van der Waals surface area contributed by atoms with Gasteiger partial charge in [-0.05, 0) is 24.3 Å². The molecular formula is C9H8Cl2N4O3S. The molecule has 1 aliphatic heterocycles. The molecule has 1 aromatic rings. The van der Waals surface area contributed by atoms with Crippen LogP contribution in [0.15, 0.2) is 45.5 Å². The summed E-state index contributed by atoms with van der Waals surface area (Å²) in [4.78, 5) is -0.205. The minimum absolute atomic E-state index is 0.172. The summed E-state index contributed by atoms with van der Waals surface area (Å²) in [5.74, 6) is 0. The zero-order valence-electron chi connectivity index (χ0n) is 9.21. The third-order valence-electron chi connectivity index (χ3n) is 2.04.